The van der Waals surface area contributed by atoms with Crippen molar-refractivity contribution in [1.29, 1.82) is 0 Å². The van der Waals surface area contributed by atoms with Gasteiger partial charge in [-0.3, -0.25) is 14.4 Å². The standard InChI is InChI=1S/C20H17Cl2N3O2S2/c1-12-17(18(26)25(23(12)2)14-6-4-3-5-7-14)24-19(28)29-11-20(24,27)15-9-8-13(21)10-16(15)22/h3-10,27H,11H2,1-2H3/t20-/m0/s1. The van der Waals surface area contributed by atoms with Crippen LogP contribution in [0.2, 0.25) is 10.0 Å². The molecule has 4 rings (SSSR count). The molecule has 0 aliphatic carbocycles. The van der Waals surface area contributed by atoms with E-state index >= 15 is 0 Å². The summed E-state index contributed by atoms with van der Waals surface area (Å²) in [5.74, 6) is 0.242. The van der Waals surface area contributed by atoms with Gasteiger partial charge in [-0.05, 0) is 31.2 Å². The summed E-state index contributed by atoms with van der Waals surface area (Å²) < 4.78 is 3.72. The number of para-hydroxylation sites is 1. The van der Waals surface area contributed by atoms with Gasteiger partial charge in [0.15, 0.2) is 5.72 Å². The van der Waals surface area contributed by atoms with Crippen molar-refractivity contribution < 1.29 is 5.11 Å². The molecule has 0 bridgehead atoms. The molecule has 1 fully saturated rings. The maximum atomic E-state index is 13.5. The Balaban J connectivity index is 1.94. The SMILES string of the molecule is Cc1c(N2C(=S)SC[C@]2(O)c2ccc(Cl)cc2Cl)c(=O)n(-c2ccccc2)n1C. The largest absolute Gasteiger partial charge is 0.366 e. The Kier molecular flexibility index (Phi) is 5.29. The maximum absolute atomic E-state index is 13.5. The second kappa shape index (κ2) is 7.49. The zero-order valence-electron chi connectivity index (χ0n) is 15.6. The van der Waals surface area contributed by atoms with Crippen molar-refractivity contribution >= 4 is 57.2 Å². The van der Waals surface area contributed by atoms with Crippen molar-refractivity contribution in [2.24, 2.45) is 7.05 Å². The lowest BCUT2D eigenvalue weighted by atomic mass is 10.0. The van der Waals surface area contributed by atoms with E-state index in [1.807, 2.05) is 37.3 Å². The smallest absolute Gasteiger partial charge is 0.295 e. The second-order valence-corrected chi connectivity index (χ2v) is 9.19. The molecule has 2 heterocycles. The third-order valence-corrected chi connectivity index (χ3v) is 7.12. The molecule has 3 aromatic rings. The zero-order valence-corrected chi connectivity index (χ0v) is 18.7. The summed E-state index contributed by atoms with van der Waals surface area (Å²) >= 11 is 19.3. The molecule has 5 nitrogen and oxygen atoms in total. The predicted molar refractivity (Wildman–Crippen MR) is 124 cm³/mol. The molecular weight excluding hydrogens is 449 g/mol. The molecule has 0 saturated carbocycles. The number of aromatic nitrogens is 2. The van der Waals surface area contributed by atoms with E-state index in [0.717, 1.165) is 5.69 Å². The quantitative estimate of drug-likeness (QED) is 0.578. The number of anilines is 1. The van der Waals surface area contributed by atoms with Crippen LogP contribution in [-0.4, -0.2) is 24.5 Å². The first kappa shape index (κ1) is 20.5. The summed E-state index contributed by atoms with van der Waals surface area (Å²) in [5, 5.41) is 12.4. The molecule has 1 aliphatic rings. The van der Waals surface area contributed by atoms with Crippen LogP contribution >= 0.6 is 47.2 Å². The molecule has 29 heavy (non-hydrogen) atoms. The number of aliphatic hydroxyl groups is 1. The third kappa shape index (κ3) is 3.21. The van der Waals surface area contributed by atoms with Crippen molar-refractivity contribution in [1.82, 2.24) is 9.36 Å². The van der Waals surface area contributed by atoms with Crippen molar-refractivity contribution in [3.63, 3.8) is 0 Å². The summed E-state index contributed by atoms with van der Waals surface area (Å²) in [7, 11) is 1.80. The minimum absolute atomic E-state index is 0.242. The first-order chi connectivity index (χ1) is 13.8. The molecule has 1 atom stereocenters. The van der Waals surface area contributed by atoms with Crippen LogP contribution in [0.4, 0.5) is 5.69 Å². The van der Waals surface area contributed by atoms with Gasteiger partial charge in [-0.2, -0.15) is 0 Å². The Morgan fingerprint density at radius 2 is 1.86 bits per heavy atom. The molecule has 1 aliphatic heterocycles. The normalized spacial score (nSPS) is 19.2. The molecule has 0 spiro atoms. The van der Waals surface area contributed by atoms with Gasteiger partial charge in [-0.1, -0.05) is 71.4 Å². The van der Waals surface area contributed by atoms with E-state index < -0.39 is 5.72 Å². The molecule has 1 saturated heterocycles. The first-order valence-electron chi connectivity index (χ1n) is 8.74. The van der Waals surface area contributed by atoms with Crippen LogP contribution < -0.4 is 10.5 Å². The molecule has 150 valence electrons. The van der Waals surface area contributed by atoms with E-state index in [1.54, 1.807) is 34.6 Å². The Hall–Kier alpha value is -1.77. The van der Waals surface area contributed by atoms with Crippen LogP contribution in [0.25, 0.3) is 5.69 Å². The van der Waals surface area contributed by atoms with Crippen molar-refractivity contribution in [3.05, 3.63) is 80.2 Å². The highest BCUT2D eigenvalue weighted by Crippen LogP contribution is 2.45. The number of thioether (sulfide) groups is 1. The van der Waals surface area contributed by atoms with Gasteiger partial charge in [0, 0.05) is 17.6 Å². The molecule has 0 unspecified atom stereocenters. The number of hydrogen-bond donors (Lipinski definition) is 1. The number of benzene rings is 2. The fourth-order valence-corrected chi connectivity index (χ4v) is 5.50. The fraction of sp³-hybridized carbons (Fsp3) is 0.200. The van der Waals surface area contributed by atoms with Crippen LogP contribution in [0.3, 0.4) is 0 Å². The second-order valence-electron chi connectivity index (χ2n) is 6.74. The van der Waals surface area contributed by atoms with Gasteiger partial charge in [0.05, 0.1) is 22.2 Å². The van der Waals surface area contributed by atoms with E-state index in [9.17, 15) is 9.90 Å². The van der Waals surface area contributed by atoms with Crippen LogP contribution in [0.1, 0.15) is 11.3 Å². The predicted octanol–water partition coefficient (Wildman–Crippen LogP) is 4.47. The zero-order chi connectivity index (χ0) is 20.9. The fourth-order valence-electron chi connectivity index (χ4n) is 3.54. The lowest BCUT2D eigenvalue weighted by Crippen LogP contribution is -2.47. The molecule has 2 aromatic carbocycles. The van der Waals surface area contributed by atoms with Crippen LogP contribution in [0, 0.1) is 6.92 Å². The van der Waals surface area contributed by atoms with Gasteiger partial charge in [-0.25, -0.2) is 4.68 Å². The minimum Gasteiger partial charge on any atom is -0.366 e. The van der Waals surface area contributed by atoms with E-state index in [0.29, 0.717) is 31.3 Å². The highest BCUT2D eigenvalue weighted by Gasteiger charge is 2.48. The van der Waals surface area contributed by atoms with E-state index in [-0.39, 0.29) is 11.3 Å². The average Bonchev–Trinajstić information content (AvgIpc) is 3.09. The monoisotopic (exact) mass is 465 g/mol. The third-order valence-electron chi connectivity index (χ3n) is 5.06. The topological polar surface area (TPSA) is 50.4 Å². The number of nitrogens with zero attached hydrogens (tertiary/aromatic N) is 3. The number of halogens is 2. The van der Waals surface area contributed by atoms with Crippen molar-refractivity contribution in [3.8, 4) is 5.69 Å². The van der Waals surface area contributed by atoms with E-state index in [1.165, 1.54) is 16.7 Å². The number of hydrogen-bond acceptors (Lipinski definition) is 4. The molecular formula is C20H17Cl2N3O2S2. The Morgan fingerprint density at radius 1 is 1.17 bits per heavy atom. The minimum atomic E-state index is -1.57. The first-order valence-corrected chi connectivity index (χ1v) is 10.9. The summed E-state index contributed by atoms with van der Waals surface area (Å²) in [6.45, 7) is 1.83. The summed E-state index contributed by atoms with van der Waals surface area (Å²) in [6.07, 6.45) is 0. The van der Waals surface area contributed by atoms with Gasteiger partial charge >= 0.3 is 0 Å². The van der Waals surface area contributed by atoms with Crippen molar-refractivity contribution in [2.45, 2.75) is 12.6 Å². The maximum Gasteiger partial charge on any atom is 0.295 e. The molecule has 0 radical (unpaired) electrons. The number of thiocarbonyl (C=S) groups is 1. The van der Waals surface area contributed by atoms with E-state index in [2.05, 4.69) is 0 Å². The van der Waals surface area contributed by atoms with Crippen molar-refractivity contribution in [2.75, 3.05) is 10.7 Å². The molecule has 1 aromatic heterocycles. The highest BCUT2D eigenvalue weighted by atomic mass is 35.5. The summed E-state index contributed by atoms with van der Waals surface area (Å²) in [5.41, 5.74) is 0.324. The Bertz CT molecular complexity index is 1180. The van der Waals surface area contributed by atoms with Crippen LogP contribution in [0.15, 0.2) is 53.3 Å². The Morgan fingerprint density at radius 3 is 2.52 bits per heavy atom. The lowest BCUT2D eigenvalue weighted by Gasteiger charge is -2.34. The lowest BCUT2D eigenvalue weighted by molar-refractivity contribution is 0.0770. The Labute approximate surface area is 187 Å². The van der Waals surface area contributed by atoms with Gasteiger partial charge in [0.1, 0.15) is 10.0 Å². The van der Waals surface area contributed by atoms with E-state index in [4.69, 9.17) is 35.4 Å². The molecule has 9 heteroatoms. The number of rotatable bonds is 3. The van der Waals surface area contributed by atoms with Crippen LogP contribution in [-0.2, 0) is 12.8 Å². The molecule has 1 N–H and O–H groups in total. The van der Waals surface area contributed by atoms with Gasteiger partial charge in [0.25, 0.3) is 5.56 Å². The van der Waals surface area contributed by atoms with Gasteiger partial charge < -0.3 is 5.11 Å². The summed E-state index contributed by atoms with van der Waals surface area (Å²) in [4.78, 5) is 15.0. The van der Waals surface area contributed by atoms with Crippen LogP contribution in [0.5, 0.6) is 0 Å². The highest BCUT2D eigenvalue weighted by molar-refractivity contribution is 8.23. The average molecular weight is 466 g/mol. The van der Waals surface area contributed by atoms with Gasteiger partial charge in [0.2, 0.25) is 0 Å². The molecule has 0 amide bonds. The summed E-state index contributed by atoms with van der Waals surface area (Å²) in [6, 6.07) is 14.2. The van der Waals surface area contributed by atoms with Gasteiger partial charge in [-0.15, -0.1) is 0 Å².